The van der Waals surface area contributed by atoms with Crippen LogP contribution in [-0.4, -0.2) is 59.4 Å². The van der Waals surface area contributed by atoms with Gasteiger partial charge in [-0.3, -0.25) is 13.8 Å². The summed E-state index contributed by atoms with van der Waals surface area (Å²) < 4.78 is 39.8. The number of hydrogen-bond donors (Lipinski definition) is 2. The van der Waals surface area contributed by atoms with Gasteiger partial charge in [-0.2, -0.15) is 8.42 Å². The van der Waals surface area contributed by atoms with E-state index in [1.165, 1.54) is 13.1 Å². The van der Waals surface area contributed by atoms with Crippen molar-refractivity contribution in [3.05, 3.63) is 58.7 Å². The number of carbonyl (C=O) groups excluding carboxylic acids is 2. The molecule has 0 unspecified atom stereocenters. The van der Waals surface area contributed by atoms with Gasteiger partial charge in [0.05, 0.1) is 24.8 Å². The van der Waals surface area contributed by atoms with Crippen molar-refractivity contribution in [1.82, 2.24) is 10.6 Å². The predicted octanol–water partition coefficient (Wildman–Crippen LogP) is 1.82. The van der Waals surface area contributed by atoms with Crippen molar-refractivity contribution in [3.63, 3.8) is 0 Å². The fourth-order valence-corrected chi connectivity index (χ4v) is 4.30. The van der Waals surface area contributed by atoms with Crippen molar-refractivity contribution in [2.24, 2.45) is 0 Å². The van der Waals surface area contributed by atoms with Crippen LogP contribution in [0, 0.1) is 0 Å². The van der Waals surface area contributed by atoms with E-state index in [1.54, 1.807) is 19.2 Å². The molecule has 1 aliphatic heterocycles. The van der Waals surface area contributed by atoms with Gasteiger partial charge in [0.2, 0.25) is 0 Å². The molecule has 33 heavy (non-hydrogen) atoms. The minimum Gasteiger partial charge on any atom is -0.497 e. The van der Waals surface area contributed by atoms with Gasteiger partial charge in [-0.15, -0.1) is 0 Å². The van der Waals surface area contributed by atoms with Crippen LogP contribution < -0.4 is 20.1 Å². The first-order chi connectivity index (χ1) is 15.7. The van der Waals surface area contributed by atoms with Crippen molar-refractivity contribution >= 4 is 21.9 Å². The minimum atomic E-state index is -3.72. The van der Waals surface area contributed by atoms with Crippen LogP contribution in [-0.2, 0) is 14.3 Å². The van der Waals surface area contributed by atoms with Crippen molar-refractivity contribution in [2.75, 3.05) is 27.0 Å². The molecule has 1 fully saturated rings. The molecule has 0 aromatic heterocycles. The summed E-state index contributed by atoms with van der Waals surface area (Å²) in [5.74, 6) is -0.272. The largest absolute Gasteiger partial charge is 0.497 e. The molecule has 1 aliphatic carbocycles. The lowest BCUT2D eigenvalue weighted by atomic mass is 9.86. The third-order valence-corrected chi connectivity index (χ3v) is 6.20. The Morgan fingerprint density at radius 3 is 2.55 bits per heavy atom. The fourth-order valence-electron chi connectivity index (χ4n) is 3.91. The van der Waals surface area contributed by atoms with Gasteiger partial charge < -0.3 is 20.1 Å². The van der Waals surface area contributed by atoms with E-state index < -0.39 is 28.0 Å². The molecule has 2 N–H and O–H groups in total. The van der Waals surface area contributed by atoms with Gasteiger partial charge in [0.1, 0.15) is 24.2 Å². The number of benzene rings is 2. The zero-order valence-corrected chi connectivity index (χ0v) is 19.4. The Bertz CT molecular complexity index is 1190. The van der Waals surface area contributed by atoms with Crippen LogP contribution in [0.4, 0.5) is 0 Å². The number of methoxy groups -OCH3 is 1. The molecule has 4 rings (SSSR count). The summed E-state index contributed by atoms with van der Waals surface area (Å²) in [7, 11) is -0.686. The molecular formula is C23H26N2O7S. The molecule has 0 radical (unpaired) electrons. The summed E-state index contributed by atoms with van der Waals surface area (Å²) in [6.07, 6.45) is 2.08. The second-order valence-electron chi connectivity index (χ2n) is 8.17. The van der Waals surface area contributed by atoms with Gasteiger partial charge in [0.15, 0.2) is 0 Å². The molecule has 0 bridgehead atoms. The lowest BCUT2D eigenvalue weighted by molar-refractivity contribution is 0.0951. The summed E-state index contributed by atoms with van der Waals surface area (Å²) in [6, 6.07) is 10.6. The molecule has 0 spiro atoms. The van der Waals surface area contributed by atoms with Crippen molar-refractivity contribution in [2.45, 2.75) is 30.9 Å². The highest BCUT2D eigenvalue weighted by Crippen LogP contribution is 2.46. The van der Waals surface area contributed by atoms with E-state index in [9.17, 15) is 18.0 Å². The number of nitrogens with one attached hydrogen (secondary N) is 2. The van der Waals surface area contributed by atoms with Crippen LogP contribution in [0.15, 0.2) is 36.4 Å². The normalized spacial score (nSPS) is 19.4. The average molecular weight is 475 g/mol. The van der Waals surface area contributed by atoms with Crippen molar-refractivity contribution in [1.29, 1.82) is 0 Å². The monoisotopic (exact) mass is 474 g/mol. The van der Waals surface area contributed by atoms with Crippen LogP contribution in [0.3, 0.4) is 0 Å². The third-order valence-electron chi connectivity index (χ3n) is 5.64. The molecule has 0 saturated heterocycles. The number of ether oxygens (including phenoxy) is 2. The smallest absolute Gasteiger partial charge is 0.264 e. The Hall–Kier alpha value is -3.11. The van der Waals surface area contributed by atoms with Gasteiger partial charge in [-0.1, -0.05) is 12.1 Å². The number of carbonyl (C=O) groups is 2. The zero-order valence-electron chi connectivity index (χ0n) is 18.6. The first-order valence-electron chi connectivity index (χ1n) is 10.6. The number of amides is 2. The maximum atomic E-state index is 12.8. The molecule has 10 heteroatoms. The Kier molecular flexibility index (Phi) is 6.31. The fraction of sp³-hybridized carbons (Fsp3) is 0.391. The quantitative estimate of drug-likeness (QED) is 0.560. The molecule has 2 aromatic carbocycles. The molecule has 2 atom stereocenters. The maximum Gasteiger partial charge on any atom is 0.264 e. The van der Waals surface area contributed by atoms with E-state index in [0.29, 0.717) is 22.6 Å². The van der Waals surface area contributed by atoms with Crippen molar-refractivity contribution < 1.29 is 31.7 Å². The van der Waals surface area contributed by atoms with E-state index in [4.69, 9.17) is 13.7 Å². The van der Waals surface area contributed by atoms with E-state index >= 15 is 0 Å². The number of hydrogen-bond acceptors (Lipinski definition) is 7. The Morgan fingerprint density at radius 2 is 1.91 bits per heavy atom. The second kappa shape index (κ2) is 9.03. The predicted molar refractivity (Wildman–Crippen MR) is 120 cm³/mol. The molecule has 2 amide bonds. The summed E-state index contributed by atoms with van der Waals surface area (Å²) in [5.41, 5.74) is 1.91. The average Bonchev–Trinajstić information content (AvgIpc) is 3.53. The highest BCUT2D eigenvalue weighted by atomic mass is 32.2. The highest BCUT2D eigenvalue weighted by molar-refractivity contribution is 7.85. The van der Waals surface area contributed by atoms with Crippen LogP contribution in [0.1, 0.15) is 50.6 Å². The first kappa shape index (κ1) is 23.1. The van der Waals surface area contributed by atoms with Crippen LogP contribution in [0.2, 0.25) is 0 Å². The SMILES string of the molecule is CNC(=O)c1cc(C(=O)NC2CC2)cc2c1O[C@H](COS(C)(=O)=O)[C@H]2c1cccc(OC)c1. The molecule has 1 heterocycles. The molecule has 2 aliphatic rings. The Labute approximate surface area is 192 Å². The first-order valence-corrected chi connectivity index (χ1v) is 12.4. The molecule has 9 nitrogen and oxygen atoms in total. The van der Waals surface area contributed by atoms with E-state index in [1.807, 2.05) is 18.2 Å². The van der Waals surface area contributed by atoms with Gasteiger partial charge in [0.25, 0.3) is 21.9 Å². The summed E-state index contributed by atoms with van der Waals surface area (Å²) >= 11 is 0. The summed E-state index contributed by atoms with van der Waals surface area (Å²) in [4.78, 5) is 25.5. The second-order valence-corrected chi connectivity index (χ2v) is 9.81. The standard InChI is InChI=1S/C23H26N2O7S/c1-24-23(27)18-11-14(22(26)25-15-7-8-15)10-17-20(13-5-4-6-16(9-13)30-2)19(32-21(17)18)12-31-33(3,28)29/h4-6,9-11,15,19-20H,7-8,12H2,1-3H3,(H,24,27)(H,25,26)/t19-,20+/m1/s1. The maximum absolute atomic E-state index is 12.8. The van der Waals surface area contributed by atoms with Crippen LogP contribution >= 0.6 is 0 Å². The van der Waals surface area contributed by atoms with E-state index in [-0.39, 0.29) is 24.1 Å². The Balaban J connectivity index is 1.83. The molecular weight excluding hydrogens is 448 g/mol. The highest BCUT2D eigenvalue weighted by Gasteiger charge is 2.40. The topological polar surface area (TPSA) is 120 Å². The van der Waals surface area contributed by atoms with Gasteiger partial charge in [-0.25, -0.2) is 0 Å². The molecule has 176 valence electrons. The lowest BCUT2D eigenvalue weighted by Crippen LogP contribution is -2.27. The van der Waals surface area contributed by atoms with Crippen LogP contribution in [0.25, 0.3) is 0 Å². The van der Waals surface area contributed by atoms with E-state index in [0.717, 1.165) is 24.7 Å². The van der Waals surface area contributed by atoms with Gasteiger partial charge in [-0.05, 0) is 42.7 Å². The number of fused-ring (bicyclic) bond motifs is 1. The lowest BCUT2D eigenvalue weighted by Gasteiger charge is -2.19. The van der Waals surface area contributed by atoms with Crippen molar-refractivity contribution in [3.8, 4) is 11.5 Å². The van der Waals surface area contributed by atoms with E-state index in [2.05, 4.69) is 10.6 Å². The molecule has 2 aromatic rings. The van der Waals surface area contributed by atoms with Gasteiger partial charge >= 0.3 is 0 Å². The minimum absolute atomic E-state index is 0.149. The molecule has 1 saturated carbocycles. The summed E-state index contributed by atoms with van der Waals surface area (Å²) in [6.45, 7) is -0.258. The summed E-state index contributed by atoms with van der Waals surface area (Å²) in [5, 5.41) is 5.52. The Morgan fingerprint density at radius 1 is 1.15 bits per heavy atom. The zero-order chi connectivity index (χ0) is 23.8. The van der Waals surface area contributed by atoms with Gasteiger partial charge in [0, 0.05) is 24.2 Å². The number of rotatable bonds is 8. The van der Waals surface area contributed by atoms with Crippen LogP contribution in [0.5, 0.6) is 11.5 Å². The third kappa shape index (κ3) is 5.12.